The van der Waals surface area contributed by atoms with Crippen molar-refractivity contribution in [2.75, 3.05) is 46.0 Å². The molecular weight excluding hydrogens is 1710 g/mol. The zero-order valence-electron chi connectivity index (χ0n) is 70.1. The molecule has 32 nitrogen and oxygen atoms in total. The van der Waals surface area contributed by atoms with E-state index >= 15 is 0 Å². The summed E-state index contributed by atoms with van der Waals surface area (Å²) in [6.45, 7) is -4.82. The number of aromatic carboxylic acids is 8. The largest absolute Gasteiger partial charge is 0.481 e. The smallest absolute Gasteiger partial charge is 0.341 e. The number of ether oxygens (including phenoxy) is 4. The number of aliphatic carboxylic acids is 4. The highest BCUT2D eigenvalue weighted by molar-refractivity contribution is 5.92. The number of anilines is 4. The molecule has 0 spiro atoms. The number of carboxylic acids is 12. The van der Waals surface area contributed by atoms with Crippen LogP contribution >= 0.6 is 0 Å². The number of benzene rings is 12. The Kier molecular flexibility index (Phi) is 29.0. The molecule has 672 valence electrons. The molecule has 0 atom stereocenters. The number of carboxylic acid groups (broad SMARTS) is 12. The molecule has 8 bridgehead atoms. The number of nitrogens with zero attached hydrogens (tertiary/aromatic N) is 4. The van der Waals surface area contributed by atoms with E-state index in [9.17, 15) is 119 Å². The van der Waals surface area contributed by atoms with Crippen LogP contribution in [0.25, 0.3) is 0 Å². The summed E-state index contributed by atoms with van der Waals surface area (Å²) >= 11 is 0. The highest BCUT2D eigenvalue weighted by atomic mass is 16.5. The minimum atomic E-state index is -1.49. The van der Waals surface area contributed by atoms with Crippen LogP contribution in [0.2, 0.25) is 0 Å². The lowest BCUT2D eigenvalue weighted by Crippen LogP contribution is -2.24. The summed E-state index contributed by atoms with van der Waals surface area (Å²) < 4.78 is 26.6. The summed E-state index contributed by atoms with van der Waals surface area (Å²) in [4.78, 5) is 161. The van der Waals surface area contributed by atoms with E-state index in [0.717, 1.165) is 0 Å². The Morgan fingerprint density at radius 3 is 0.402 bits per heavy atom. The van der Waals surface area contributed by atoms with E-state index in [1.807, 2.05) is 19.6 Å². The van der Waals surface area contributed by atoms with Crippen molar-refractivity contribution < 1.29 is 138 Å². The van der Waals surface area contributed by atoms with Crippen LogP contribution in [-0.4, -0.2) is 159 Å². The third kappa shape index (κ3) is 23.9. The Morgan fingerprint density at radius 2 is 0.303 bits per heavy atom. The predicted octanol–water partition coefficient (Wildman–Crippen LogP) is 14.6. The molecule has 12 aromatic carbocycles. The Morgan fingerprint density at radius 1 is 0.189 bits per heavy atom. The molecule has 0 saturated carbocycles. The maximum Gasteiger partial charge on any atom is 0.341 e. The fourth-order valence-corrected chi connectivity index (χ4v) is 15.6. The highest BCUT2D eigenvalue weighted by Gasteiger charge is 2.31. The van der Waals surface area contributed by atoms with Gasteiger partial charge in [-0.1, -0.05) is 97.1 Å². The van der Waals surface area contributed by atoms with Crippen LogP contribution in [0.5, 0.6) is 23.0 Å². The van der Waals surface area contributed by atoms with Gasteiger partial charge in [-0.3, -0.25) is 0 Å². The first-order chi connectivity index (χ1) is 63.2. The van der Waals surface area contributed by atoms with E-state index in [4.69, 9.17) is 18.9 Å². The second-order valence-electron chi connectivity index (χ2n) is 31.3. The molecule has 0 amide bonds. The molecule has 0 fully saturated rings. The summed E-state index contributed by atoms with van der Waals surface area (Å²) in [5.41, 5.74) is 5.70. The second-order valence-corrected chi connectivity index (χ2v) is 31.3. The Balaban J connectivity index is 1.19. The fraction of sp³-hybridized carbons (Fsp3) is 0.160. The Hall–Kier alpha value is -17.3. The van der Waals surface area contributed by atoms with Gasteiger partial charge in [-0.25, -0.2) is 57.5 Å². The monoisotopic (exact) mass is 1790 g/mol. The minimum Gasteiger partial charge on any atom is -0.481 e. The molecule has 12 N–H and O–H groups in total. The first kappa shape index (κ1) is 92.4. The van der Waals surface area contributed by atoms with Gasteiger partial charge < -0.3 is 99.8 Å². The minimum absolute atomic E-state index is 0.0667. The lowest BCUT2D eigenvalue weighted by atomic mass is 9.89. The SMILES string of the molecule is O=C(O)COc1c2cc(N(Cc3ccc(C(=O)O)cc3)Cc3ccc(C(=O)O)cc3)cc1Cc1cc(N(Cc3ccc(C(=O)O)cc3)Cc3ccc(C(=O)O)cc3)cc(c1OCC(=O)O)Cc1cc(N(Cc3ccc(C(=O)O)cc3)Cc3ccc(C(=O)O)cc3)cc(c1OCC(=O)O)Cc1cc(N(Cc3ccc(C(=O)O)cc3)Cc3ccc(C(=O)O)cc3)cc(c1OCC(=O)O)C2. The van der Waals surface area contributed by atoms with Gasteiger partial charge in [0.15, 0.2) is 26.4 Å². The van der Waals surface area contributed by atoms with Gasteiger partial charge >= 0.3 is 71.6 Å². The van der Waals surface area contributed by atoms with Crippen LogP contribution in [0, 0.1) is 0 Å². The molecular formula is C100H84N4O28. The summed E-state index contributed by atoms with van der Waals surface area (Å²) in [7, 11) is 0. The van der Waals surface area contributed by atoms with Crippen molar-refractivity contribution >= 4 is 94.4 Å². The van der Waals surface area contributed by atoms with Gasteiger partial charge in [0, 0.05) is 145 Å². The highest BCUT2D eigenvalue weighted by Crippen LogP contribution is 2.46. The standard InChI is InChI=1S/C100H84N4O28/c105-85(106)53-129-89-73-33-75-39-82(102(47-59-5-21-67(22-6-59)95(117)118)48-60-7-23-68(24-8-60)96(119)120)41-77(90(75)130-54-86(107)108)35-79-43-84(104(51-63-13-29-71(30-14-63)99(125)126)52-64-15-31-72(32-16-64)100(127)128)44-80(92(79)132-56-88(111)112)36-78-42-83(103(49-61-9-25-69(26-10-61)97(121)122)50-62-11-27-70(28-12-62)98(123)124)40-76(91(78)131-55-87(109)110)34-74(89)38-81(37-73)101(45-57-1-17-65(18-2-57)93(113)114)46-58-3-19-66(20-4-58)94(115)116/h1-32,37-44H,33-36,45-56H2,(H,105,106)(H,107,108)(H,109,110)(H,111,112)(H,113,114)(H,115,116)(H,117,118)(H,119,120)(H,121,122)(H,123,124)(H,125,126)(H,127,128). The van der Waals surface area contributed by atoms with E-state index in [-0.39, 0.29) is 187 Å². The first-order valence-electron chi connectivity index (χ1n) is 40.8. The van der Waals surface area contributed by atoms with E-state index in [1.165, 1.54) is 97.1 Å². The zero-order chi connectivity index (χ0) is 94.1. The van der Waals surface area contributed by atoms with Crippen molar-refractivity contribution in [2.24, 2.45) is 0 Å². The third-order valence-electron chi connectivity index (χ3n) is 21.8. The van der Waals surface area contributed by atoms with Gasteiger partial charge in [0.2, 0.25) is 0 Å². The topological polar surface area (TPSA) is 497 Å². The van der Waals surface area contributed by atoms with E-state index in [0.29, 0.717) is 44.5 Å². The molecule has 0 aliphatic heterocycles. The summed E-state index contributed by atoms with van der Waals surface area (Å²) in [6.07, 6.45) is -1.83. The summed E-state index contributed by atoms with van der Waals surface area (Å²) in [5.74, 6) is -16.4. The molecule has 0 heterocycles. The van der Waals surface area contributed by atoms with Crippen LogP contribution < -0.4 is 38.5 Å². The molecule has 132 heavy (non-hydrogen) atoms. The van der Waals surface area contributed by atoms with Crippen LogP contribution in [-0.2, 0) is 97.2 Å². The van der Waals surface area contributed by atoms with Crippen molar-refractivity contribution in [3.05, 3.63) is 376 Å². The van der Waals surface area contributed by atoms with Crippen LogP contribution in [0.15, 0.2) is 243 Å². The van der Waals surface area contributed by atoms with Gasteiger partial charge in [-0.2, -0.15) is 0 Å². The van der Waals surface area contributed by atoms with Gasteiger partial charge in [-0.05, 0) is 190 Å². The molecule has 32 heteroatoms. The van der Waals surface area contributed by atoms with Crippen LogP contribution in [0.1, 0.15) is 172 Å². The van der Waals surface area contributed by atoms with Gasteiger partial charge in [-0.15, -0.1) is 0 Å². The molecule has 1 aliphatic carbocycles. The van der Waals surface area contributed by atoms with Gasteiger partial charge in [0.1, 0.15) is 23.0 Å². The quantitative estimate of drug-likeness (QED) is 0.0170. The molecule has 12 aromatic rings. The van der Waals surface area contributed by atoms with Gasteiger partial charge in [0.05, 0.1) is 44.5 Å². The summed E-state index contributed by atoms with van der Waals surface area (Å²) in [6, 6.07) is 60.7. The van der Waals surface area contributed by atoms with Crippen molar-refractivity contribution in [3.8, 4) is 23.0 Å². The molecule has 0 radical (unpaired) electrons. The number of hydrogen-bond acceptors (Lipinski definition) is 20. The number of hydrogen-bond donors (Lipinski definition) is 12. The average molecular weight is 1790 g/mol. The molecule has 0 saturated heterocycles. The van der Waals surface area contributed by atoms with Crippen LogP contribution in [0.4, 0.5) is 22.7 Å². The lowest BCUT2D eigenvalue weighted by molar-refractivity contribution is -0.140. The third-order valence-corrected chi connectivity index (χ3v) is 21.8. The second kappa shape index (κ2) is 41.4. The number of fused-ring (bicyclic) bond motifs is 8. The molecule has 1 aliphatic rings. The molecule has 0 aromatic heterocycles. The Bertz CT molecular complexity index is 5310. The van der Waals surface area contributed by atoms with Crippen molar-refractivity contribution in [1.82, 2.24) is 0 Å². The molecule has 0 unspecified atom stereocenters. The zero-order valence-corrected chi connectivity index (χ0v) is 70.1. The fourth-order valence-electron chi connectivity index (χ4n) is 15.6. The average Bonchev–Trinajstić information content (AvgIpc) is 0.757. The predicted molar refractivity (Wildman–Crippen MR) is 476 cm³/mol. The van der Waals surface area contributed by atoms with Crippen molar-refractivity contribution in [1.29, 1.82) is 0 Å². The van der Waals surface area contributed by atoms with E-state index in [1.54, 1.807) is 146 Å². The van der Waals surface area contributed by atoms with Crippen molar-refractivity contribution in [2.45, 2.75) is 78.0 Å². The van der Waals surface area contributed by atoms with E-state index in [2.05, 4.69) is 0 Å². The lowest BCUT2D eigenvalue weighted by Gasteiger charge is -2.31. The maximum absolute atomic E-state index is 13.4. The first-order valence-corrected chi connectivity index (χ1v) is 40.8. The van der Waals surface area contributed by atoms with Gasteiger partial charge in [0.25, 0.3) is 0 Å². The van der Waals surface area contributed by atoms with Crippen LogP contribution in [0.3, 0.4) is 0 Å². The maximum atomic E-state index is 13.4. The number of carbonyl (C=O) groups is 12. The number of rotatable bonds is 40. The summed E-state index contributed by atoms with van der Waals surface area (Å²) in [5, 5.41) is 125. The van der Waals surface area contributed by atoms with E-state index < -0.39 is 124 Å². The van der Waals surface area contributed by atoms with Crippen molar-refractivity contribution in [3.63, 3.8) is 0 Å². The normalized spacial score (nSPS) is 11.4. The Labute approximate surface area is 751 Å². The molecule has 13 rings (SSSR count).